The second-order valence-electron chi connectivity index (χ2n) is 8.38. The molecule has 0 bridgehead atoms. The minimum atomic E-state index is -0.507. The van der Waals surface area contributed by atoms with E-state index in [0.29, 0.717) is 43.1 Å². The van der Waals surface area contributed by atoms with Gasteiger partial charge in [-0.25, -0.2) is 0 Å². The highest BCUT2D eigenvalue weighted by Crippen LogP contribution is 2.43. The van der Waals surface area contributed by atoms with Crippen LogP contribution in [-0.4, -0.2) is 42.9 Å². The summed E-state index contributed by atoms with van der Waals surface area (Å²) in [5, 5.41) is 0. The van der Waals surface area contributed by atoms with Gasteiger partial charge in [0.25, 0.3) is 5.91 Å². The molecule has 33 heavy (non-hydrogen) atoms. The number of ketones is 1. The summed E-state index contributed by atoms with van der Waals surface area (Å²) in [6.45, 7) is 4.22. The van der Waals surface area contributed by atoms with Gasteiger partial charge in [-0.2, -0.15) is 0 Å². The Labute approximate surface area is 193 Å². The number of morpholine rings is 1. The zero-order valence-electron chi connectivity index (χ0n) is 18.6. The van der Waals surface area contributed by atoms with Crippen LogP contribution in [0.5, 0.6) is 0 Å². The van der Waals surface area contributed by atoms with Crippen LogP contribution in [0.2, 0.25) is 0 Å². The number of hydrogen-bond acceptors (Lipinski definition) is 4. The molecule has 1 atom stereocenters. The standard InChI is InChI=1S/C28H26N2O3/c1-20-12-14-22(15-13-20)27(31)24-25(21-8-4-2-5-9-21)30(23-10-6-3-7-11-23)28(32)26(24)29-16-18-33-19-17-29/h2-15,25H,16-19H2,1H3. The van der Waals surface area contributed by atoms with E-state index in [-0.39, 0.29) is 11.7 Å². The Kier molecular flexibility index (Phi) is 5.80. The Balaban J connectivity index is 1.72. The summed E-state index contributed by atoms with van der Waals surface area (Å²) in [5.74, 6) is -0.260. The summed E-state index contributed by atoms with van der Waals surface area (Å²) in [6, 6.07) is 26.5. The van der Waals surface area contributed by atoms with Crippen LogP contribution in [0.1, 0.15) is 27.5 Å². The lowest BCUT2D eigenvalue weighted by molar-refractivity contribution is -0.116. The number of benzene rings is 3. The van der Waals surface area contributed by atoms with Gasteiger partial charge in [0.1, 0.15) is 5.70 Å². The number of hydrogen-bond donors (Lipinski definition) is 0. The maximum absolute atomic E-state index is 14.0. The second-order valence-corrected chi connectivity index (χ2v) is 8.38. The topological polar surface area (TPSA) is 49.9 Å². The zero-order valence-corrected chi connectivity index (χ0v) is 18.6. The van der Waals surface area contributed by atoms with E-state index in [1.54, 1.807) is 4.90 Å². The van der Waals surface area contributed by atoms with Crippen molar-refractivity contribution in [1.29, 1.82) is 0 Å². The van der Waals surface area contributed by atoms with Gasteiger partial charge in [0.05, 0.1) is 24.8 Å². The molecule has 1 unspecified atom stereocenters. The maximum Gasteiger partial charge on any atom is 0.275 e. The van der Waals surface area contributed by atoms with Crippen molar-refractivity contribution in [2.45, 2.75) is 13.0 Å². The number of anilines is 1. The Morgan fingerprint density at radius 2 is 1.45 bits per heavy atom. The Morgan fingerprint density at radius 1 is 0.848 bits per heavy atom. The van der Waals surface area contributed by atoms with Gasteiger partial charge in [-0.05, 0) is 24.6 Å². The van der Waals surface area contributed by atoms with Gasteiger partial charge in [0.15, 0.2) is 5.78 Å². The van der Waals surface area contributed by atoms with Gasteiger partial charge in [0.2, 0.25) is 0 Å². The quantitative estimate of drug-likeness (QED) is 0.549. The van der Waals surface area contributed by atoms with Crippen molar-refractivity contribution < 1.29 is 14.3 Å². The van der Waals surface area contributed by atoms with Crippen LogP contribution in [-0.2, 0) is 9.53 Å². The third-order valence-electron chi connectivity index (χ3n) is 6.24. The third kappa shape index (κ3) is 3.96. The molecule has 0 aromatic heterocycles. The molecule has 2 aliphatic rings. The first-order valence-corrected chi connectivity index (χ1v) is 11.3. The van der Waals surface area contributed by atoms with E-state index < -0.39 is 6.04 Å². The summed E-state index contributed by atoms with van der Waals surface area (Å²) in [5.41, 5.74) is 4.37. The lowest BCUT2D eigenvalue weighted by Crippen LogP contribution is -2.40. The Hall–Kier alpha value is -3.70. The number of para-hydroxylation sites is 1. The van der Waals surface area contributed by atoms with Crippen molar-refractivity contribution in [1.82, 2.24) is 4.90 Å². The minimum Gasteiger partial charge on any atom is -0.378 e. The van der Waals surface area contributed by atoms with E-state index >= 15 is 0 Å². The van der Waals surface area contributed by atoms with Crippen molar-refractivity contribution in [3.05, 3.63) is 113 Å². The number of aryl methyl sites for hydroxylation is 1. The Morgan fingerprint density at radius 3 is 2.09 bits per heavy atom. The zero-order chi connectivity index (χ0) is 22.8. The predicted octanol–water partition coefficient (Wildman–Crippen LogP) is 4.55. The molecule has 2 aliphatic heterocycles. The van der Waals surface area contributed by atoms with E-state index in [1.165, 1.54) is 0 Å². The van der Waals surface area contributed by atoms with E-state index in [0.717, 1.165) is 16.8 Å². The number of carbonyl (C=O) groups is 2. The van der Waals surface area contributed by atoms with E-state index in [1.807, 2.05) is 96.8 Å². The fourth-order valence-corrected chi connectivity index (χ4v) is 4.60. The third-order valence-corrected chi connectivity index (χ3v) is 6.24. The van der Waals surface area contributed by atoms with Crippen LogP contribution in [0.25, 0.3) is 0 Å². The first-order chi connectivity index (χ1) is 16.1. The lowest BCUT2D eigenvalue weighted by atomic mass is 9.91. The molecular weight excluding hydrogens is 412 g/mol. The van der Waals surface area contributed by atoms with Crippen LogP contribution in [0, 0.1) is 6.92 Å². The molecule has 5 rings (SSSR count). The first-order valence-electron chi connectivity index (χ1n) is 11.3. The molecule has 2 heterocycles. The minimum absolute atomic E-state index is 0.114. The first kappa shape index (κ1) is 21.2. The Bertz CT molecular complexity index is 1180. The summed E-state index contributed by atoms with van der Waals surface area (Å²) in [6.07, 6.45) is 0. The molecule has 0 aliphatic carbocycles. The number of rotatable bonds is 5. The lowest BCUT2D eigenvalue weighted by Gasteiger charge is -2.30. The molecule has 3 aromatic rings. The van der Waals surface area contributed by atoms with Crippen molar-refractivity contribution in [3.8, 4) is 0 Å². The number of Topliss-reactive ketones (excluding diaryl/α,β-unsaturated/α-hetero) is 1. The number of ether oxygens (including phenoxy) is 1. The highest BCUT2D eigenvalue weighted by atomic mass is 16.5. The number of carbonyl (C=O) groups excluding carboxylic acids is 2. The monoisotopic (exact) mass is 438 g/mol. The van der Waals surface area contributed by atoms with Gasteiger partial charge in [0, 0.05) is 24.3 Å². The highest BCUT2D eigenvalue weighted by molar-refractivity contribution is 6.21. The molecule has 5 nitrogen and oxygen atoms in total. The van der Waals surface area contributed by atoms with Gasteiger partial charge < -0.3 is 9.64 Å². The summed E-state index contributed by atoms with van der Waals surface area (Å²) >= 11 is 0. The molecule has 1 saturated heterocycles. The molecule has 5 heteroatoms. The molecule has 1 fully saturated rings. The van der Waals surface area contributed by atoms with Crippen LogP contribution in [0.3, 0.4) is 0 Å². The van der Waals surface area contributed by atoms with Gasteiger partial charge in [-0.15, -0.1) is 0 Å². The van der Waals surface area contributed by atoms with Gasteiger partial charge in [-0.1, -0.05) is 78.4 Å². The molecular formula is C28H26N2O3. The molecule has 0 saturated carbocycles. The molecule has 0 N–H and O–H groups in total. The van der Waals surface area contributed by atoms with Crippen LogP contribution in [0.15, 0.2) is 96.2 Å². The molecule has 166 valence electrons. The molecule has 1 amide bonds. The van der Waals surface area contributed by atoms with E-state index in [9.17, 15) is 9.59 Å². The van der Waals surface area contributed by atoms with Crippen LogP contribution < -0.4 is 4.90 Å². The van der Waals surface area contributed by atoms with Crippen molar-refractivity contribution in [2.24, 2.45) is 0 Å². The van der Waals surface area contributed by atoms with Crippen molar-refractivity contribution in [3.63, 3.8) is 0 Å². The van der Waals surface area contributed by atoms with E-state index in [2.05, 4.69) is 0 Å². The number of amides is 1. The van der Waals surface area contributed by atoms with Crippen LogP contribution >= 0.6 is 0 Å². The maximum atomic E-state index is 14.0. The fourth-order valence-electron chi connectivity index (χ4n) is 4.60. The van der Waals surface area contributed by atoms with E-state index in [4.69, 9.17) is 4.74 Å². The SMILES string of the molecule is Cc1ccc(C(=O)C2=C(N3CCOCC3)C(=O)N(c3ccccc3)C2c2ccccc2)cc1. The number of nitrogens with zero attached hydrogens (tertiary/aromatic N) is 2. The van der Waals surface area contributed by atoms with Gasteiger partial charge in [-0.3, -0.25) is 14.5 Å². The predicted molar refractivity (Wildman–Crippen MR) is 128 cm³/mol. The van der Waals surface area contributed by atoms with Crippen molar-refractivity contribution in [2.75, 3.05) is 31.2 Å². The molecule has 0 radical (unpaired) electrons. The largest absolute Gasteiger partial charge is 0.378 e. The fraction of sp³-hybridized carbons (Fsp3) is 0.214. The van der Waals surface area contributed by atoms with Crippen LogP contribution in [0.4, 0.5) is 5.69 Å². The highest BCUT2D eigenvalue weighted by Gasteiger charge is 2.46. The molecule has 3 aromatic carbocycles. The summed E-state index contributed by atoms with van der Waals surface area (Å²) in [7, 11) is 0. The smallest absolute Gasteiger partial charge is 0.275 e. The summed E-state index contributed by atoms with van der Waals surface area (Å²) in [4.78, 5) is 31.8. The average Bonchev–Trinajstić information content (AvgIpc) is 3.18. The van der Waals surface area contributed by atoms with Crippen molar-refractivity contribution >= 4 is 17.4 Å². The molecule has 0 spiro atoms. The van der Waals surface area contributed by atoms with Gasteiger partial charge >= 0.3 is 0 Å². The normalized spacial score (nSPS) is 18.7. The second kappa shape index (κ2) is 9.04. The summed E-state index contributed by atoms with van der Waals surface area (Å²) < 4.78 is 5.54. The average molecular weight is 439 g/mol.